The molecule has 2 aromatic rings. The Morgan fingerprint density at radius 1 is 1.00 bits per heavy atom. The van der Waals surface area contributed by atoms with E-state index < -0.39 is 11.7 Å². The minimum absolute atomic E-state index is 0.0347. The van der Waals surface area contributed by atoms with Gasteiger partial charge in [-0.2, -0.15) is 0 Å². The minimum atomic E-state index is -0.898. The summed E-state index contributed by atoms with van der Waals surface area (Å²) in [5.41, 5.74) is 0.877. The van der Waals surface area contributed by atoms with Gasteiger partial charge < -0.3 is 0 Å². The number of Topliss-reactive ketones (excluding diaryl/α,β-unsaturated/α-hetero) is 1. The predicted molar refractivity (Wildman–Crippen MR) is 77.7 cm³/mol. The number of ketones is 1. The summed E-state index contributed by atoms with van der Waals surface area (Å²) in [6.07, 6.45) is 3.55. The van der Waals surface area contributed by atoms with Crippen molar-refractivity contribution in [2.45, 2.75) is 20.3 Å². The van der Waals surface area contributed by atoms with E-state index in [1.54, 1.807) is 25.3 Å². The maximum absolute atomic E-state index is 12.7. The first kappa shape index (κ1) is 16.6. The van der Waals surface area contributed by atoms with Gasteiger partial charge in [-0.1, -0.05) is 12.1 Å². The third-order valence-electron chi connectivity index (χ3n) is 2.35. The molecule has 2 heterocycles. The lowest BCUT2D eigenvalue weighted by molar-refractivity contribution is -0.116. The molecule has 0 aliphatic heterocycles. The van der Waals surface area contributed by atoms with Gasteiger partial charge in [0.1, 0.15) is 17.3 Å². The van der Waals surface area contributed by atoms with Crippen molar-refractivity contribution in [2.24, 2.45) is 0 Å². The number of rotatable bonds is 3. The van der Waals surface area contributed by atoms with Crippen molar-refractivity contribution in [3.8, 4) is 0 Å². The molecular formula is C16H16F2N2O. The largest absolute Gasteiger partial charge is 0.300 e. The molecule has 0 unspecified atom stereocenters. The number of carbonyl (C=O) groups is 1. The second-order valence-corrected chi connectivity index (χ2v) is 4.26. The molecule has 0 saturated heterocycles. The Hall–Kier alpha value is -2.43. The predicted octanol–water partition coefficient (Wildman–Crippen LogP) is 3.92. The molecule has 5 heteroatoms. The minimum Gasteiger partial charge on any atom is -0.300 e. The molecule has 0 radical (unpaired) electrons. The smallest absolute Gasteiger partial charge is 0.179 e. The van der Waals surface area contributed by atoms with Crippen LogP contribution in [-0.4, -0.2) is 15.8 Å². The second kappa shape index (κ2) is 8.68. The van der Waals surface area contributed by atoms with Gasteiger partial charge in [0.25, 0.3) is 0 Å². The molecule has 2 aromatic heterocycles. The van der Waals surface area contributed by atoms with Gasteiger partial charge in [0.15, 0.2) is 5.83 Å². The van der Waals surface area contributed by atoms with E-state index in [4.69, 9.17) is 0 Å². The SMILES string of the molecule is CC(=O)Cc1ccccn1.CC(F)=C(F)c1ccccn1. The Morgan fingerprint density at radius 3 is 2.05 bits per heavy atom. The van der Waals surface area contributed by atoms with Gasteiger partial charge in [0, 0.05) is 24.5 Å². The van der Waals surface area contributed by atoms with E-state index in [-0.39, 0.29) is 11.5 Å². The zero-order chi connectivity index (χ0) is 15.7. The van der Waals surface area contributed by atoms with E-state index >= 15 is 0 Å². The number of pyridine rings is 2. The first-order valence-electron chi connectivity index (χ1n) is 6.33. The summed E-state index contributed by atoms with van der Waals surface area (Å²) in [5.74, 6) is -1.59. The summed E-state index contributed by atoms with van der Waals surface area (Å²) < 4.78 is 24.9. The fourth-order valence-corrected chi connectivity index (χ4v) is 1.43. The van der Waals surface area contributed by atoms with E-state index in [1.807, 2.05) is 18.2 Å². The highest BCUT2D eigenvalue weighted by Crippen LogP contribution is 2.17. The third kappa shape index (κ3) is 6.51. The van der Waals surface area contributed by atoms with Crippen LogP contribution in [-0.2, 0) is 11.2 Å². The summed E-state index contributed by atoms with van der Waals surface area (Å²) in [5, 5.41) is 0. The number of aromatic nitrogens is 2. The molecule has 0 bridgehead atoms. The van der Waals surface area contributed by atoms with Crippen molar-refractivity contribution in [1.82, 2.24) is 9.97 Å². The van der Waals surface area contributed by atoms with Crippen molar-refractivity contribution in [1.29, 1.82) is 0 Å². The fraction of sp³-hybridized carbons (Fsp3) is 0.188. The highest BCUT2D eigenvalue weighted by Gasteiger charge is 2.03. The Balaban J connectivity index is 0.000000211. The molecule has 0 saturated carbocycles. The number of hydrogen-bond donors (Lipinski definition) is 0. The zero-order valence-electron chi connectivity index (χ0n) is 11.9. The summed E-state index contributed by atoms with van der Waals surface area (Å²) in [6.45, 7) is 2.62. The molecule has 0 amide bonds. The molecule has 110 valence electrons. The first-order valence-corrected chi connectivity index (χ1v) is 6.33. The van der Waals surface area contributed by atoms with Crippen molar-refractivity contribution >= 4 is 11.6 Å². The maximum Gasteiger partial charge on any atom is 0.179 e. The number of carbonyl (C=O) groups excluding carboxylic acids is 1. The quantitative estimate of drug-likeness (QED) is 0.860. The van der Waals surface area contributed by atoms with Crippen molar-refractivity contribution in [2.75, 3.05) is 0 Å². The van der Waals surface area contributed by atoms with Crippen LogP contribution < -0.4 is 0 Å². The van der Waals surface area contributed by atoms with E-state index in [9.17, 15) is 13.6 Å². The van der Waals surface area contributed by atoms with Gasteiger partial charge in [0.05, 0.1) is 0 Å². The molecule has 0 aliphatic rings. The average Bonchev–Trinajstić information content (AvgIpc) is 2.48. The van der Waals surface area contributed by atoms with Crippen LogP contribution in [0.25, 0.3) is 5.83 Å². The monoisotopic (exact) mass is 290 g/mol. The van der Waals surface area contributed by atoms with Crippen molar-refractivity contribution in [3.05, 3.63) is 66.0 Å². The van der Waals surface area contributed by atoms with E-state index in [0.717, 1.165) is 12.6 Å². The Labute approximate surface area is 122 Å². The van der Waals surface area contributed by atoms with Crippen LogP contribution in [0.15, 0.2) is 54.6 Å². The molecule has 0 fully saturated rings. The lowest BCUT2D eigenvalue weighted by Gasteiger charge is -1.94. The van der Waals surface area contributed by atoms with Gasteiger partial charge in [-0.05, 0) is 38.1 Å². The van der Waals surface area contributed by atoms with Gasteiger partial charge >= 0.3 is 0 Å². The molecule has 21 heavy (non-hydrogen) atoms. The third-order valence-corrected chi connectivity index (χ3v) is 2.35. The lowest BCUT2D eigenvalue weighted by atomic mass is 10.2. The summed E-state index contributed by atoms with van der Waals surface area (Å²) in [7, 11) is 0. The van der Waals surface area contributed by atoms with Crippen LogP contribution in [0.2, 0.25) is 0 Å². The number of nitrogens with zero attached hydrogens (tertiary/aromatic N) is 2. The lowest BCUT2D eigenvalue weighted by Crippen LogP contribution is -1.97. The topological polar surface area (TPSA) is 42.9 Å². The Morgan fingerprint density at radius 2 is 1.62 bits per heavy atom. The molecule has 0 aromatic carbocycles. The van der Waals surface area contributed by atoms with Crippen LogP contribution >= 0.6 is 0 Å². The molecule has 3 nitrogen and oxygen atoms in total. The standard InChI is InChI=1S/C8H7F2N.C8H9NO/c1-6(9)8(10)7-4-2-3-5-11-7;1-7(10)6-8-4-2-3-5-9-8/h2-5H,1H3;2-5H,6H2,1H3. The normalized spacial score (nSPS) is 11.0. The van der Waals surface area contributed by atoms with Gasteiger partial charge in [-0.25, -0.2) is 8.78 Å². The maximum atomic E-state index is 12.7. The van der Waals surface area contributed by atoms with Crippen LogP contribution in [0.5, 0.6) is 0 Å². The van der Waals surface area contributed by atoms with Gasteiger partial charge in [-0.3, -0.25) is 14.8 Å². The molecule has 0 aliphatic carbocycles. The summed E-state index contributed by atoms with van der Waals surface area (Å²) >= 11 is 0. The number of allylic oxidation sites excluding steroid dienone is 1. The van der Waals surface area contributed by atoms with E-state index in [2.05, 4.69) is 9.97 Å². The average molecular weight is 290 g/mol. The summed E-state index contributed by atoms with van der Waals surface area (Å²) in [4.78, 5) is 18.2. The summed E-state index contributed by atoms with van der Waals surface area (Å²) in [6, 6.07) is 10.2. The van der Waals surface area contributed by atoms with Crippen LogP contribution in [0.1, 0.15) is 25.2 Å². The van der Waals surface area contributed by atoms with Crippen molar-refractivity contribution < 1.29 is 13.6 Å². The molecule has 2 rings (SSSR count). The van der Waals surface area contributed by atoms with E-state index in [1.165, 1.54) is 12.3 Å². The van der Waals surface area contributed by atoms with Gasteiger partial charge in [0.2, 0.25) is 0 Å². The first-order chi connectivity index (χ1) is 10.0. The highest BCUT2D eigenvalue weighted by atomic mass is 19.2. The Bertz CT molecular complexity index is 594. The number of hydrogen-bond acceptors (Lipinski definition) is 3. The molecule has 0 spiro atoms. The molecule has 0 N–H and O–H groups in total. The second-order valence-electron chi connectivity index (χ2n) is 4.26. The van der Waals surface area contributed by atoms with Gasteiger partial charge in [-0.15, -0.1) is 0 Å². The van der Waals surface area contributed by atoms with Crippen molar-refractivity contribution in [3.63, 3.8) is 0 Å². The highest BCUT2D eigenvalue weighted by molar-refractivity contribution is 5.77. The molecule has 0 atom stereocenters. The fourth-order valence-electron chi connectivity index (χ4n) is 1.43. The van der Waals surface area contributed by atoms with Crippen LogP contribution in [0.4, 0.5) is 8.78 Å². The zero-order valence-corrected chi connectivity index (χ0v) is 11.9. The van der Waals surface area contributed by atoms with Crippen LogP contribution in [0, 0.1) is 0 Å². The molecular weight excluding hydrogens is 274 g/mol. The van der Waals surface area contributed by atoms with E-state index in [0.29, 0.717) is 6.42 Å². The number of halogens is 2. The Kier molecular flexibility index (Phi) is 6.87. The van der Waals surface area contributed by atoms with Crippen LogP contribution in [0.3, 0.4) is 0 Å².